The maximum absolute atomic E-state index is 11.9. The first-order chi connectivity index (χ1) is 18.6. The molecule has 10 nitrogen and oxygen atoms in total. The highest BCUT2D eigenvalue weighted by atomic mass is 16.6. The molecule has 3 aromatic rings. The molecule has 5 rings (SSSR count). The van der Waals surface area contributed by atoms with Crippen LogP contribution in [0, 0.1) is 16.0 Å². The Bertz CT molecular complexity index is 1270. The molecule has 1 aromatic heterocycles. The van der Waals surface area contributed by atoms with Gasteiger partial charge >= 0.3 is 0 Å². The van der Waals surface area contributed by atoms with Crippen LogP contribution in [0.3, 0.4) is 0 Å². The Balaban J connectivity index is 1.49. The van der Waals surface area contributed by atoms with Crippen LogP contribution < -0.4 is 20.4 Å². The van der Waals surface area contributed by atoms with Crippen molar-refractivity contribution >= 4 is 39.7 Å². The summed E-state index contributed by atoms with van der Waals surface area (Å²) in [5.41, 5.74) is 3.48. The first kappa shape index (κ1) is 26.0. The average molecular weight is 520 g/mol. The molecule has 2 aliphatic rings. The Morgan fingerprint density at radius 2 is 1.79 bits per heavy atom. The van der Waals surface area contributed by atoms with E-state index in [1.54, 1.807) is 12.1 Å². The number of aromatic nitrogens is 2. The zero-order valence-electron chi connectivity index (χ0n) is 22.0. The highest BCUT2D eigenvalue weighted by molar-refractivity contribution is 5.95. The smallest absolute Gasteiger partial charge is 0.293 e. The van der Waals surface area contributed by atoms with Crippen LogP contribution in [-0.4, -0.2) is 59.3 Å². The molecular weight excluding hydrogens is 482 g/mol. The monoisotopic (exact) mass is 519 g/mol. The van der Waals surface area contributed by atoms with Crippen molar-refractivity contribution < 1.29 is 10.0 Å². The number of anilines is 4. The number of nitro groups is 1. The van der Waals surface area contributed by atoms with E-state index in [1.165, 1.54) is 12.1 Å². The van der Waals surface area contributed by atoms with Crippen molar-refractivity contribution in [2.45, 2.75) is 45.6 Å². The molecule has 2 aliphatic heterocycles. The Morgan fingerprint density at radius 3 is 2.50 bits per heavy atom. The summed E-state index contributed by atoms with van der Waals surface area (Å²) in [6.45, 7) is 6.92. The van der Waals surface area contributed by atoms with Crippen LogP contribution >= 0.6 is 0 Å². The third-order valence-corrected chi connectivity index (χ3v) is 7.66. The van der Waals surface area contributed by atoms with Crippen LogP contribution in [0.5, 0.6) is 0 Å². The third-order valence-electron chi connectivity index (χ3n) is 7.66. The minimum absolute atomic E-state index is 0.0175. The minimum atomic E-state index is -0.356. The number of para-hydroxylation sites is 1. The second kappa shape index (κ2) is 11.8. The van der Waals surface area contributed by atoms with Gasteiger partial charge in [-0.15, -0.1) is 0 Å². The standard InChI is InChI=1S/C28H37N7O3/c1-2-29-24-17-23-22(16-26(24)35(37)38)27(32-28(31-23)34-12-6-3-7-13-34)30-18-21-8-4-5-9-25(21)33-14-10-20(19-36)11-15-33/h4-5,8-9,16-17,20,29,36H,2-3,6-7,10-15,18-19H2,1H3,(H,30,31,32). The molecule has 0 bridgehead atoms. The van der Waals surface area contributed by atoms with Gasteiger partial charge in [-0.2, -0.15) is 4.98 Å². The maximum atomic E-state index is 11.9. The number of nitrogens with zero attached hydrogens (tertiary/aromatic N) is 5. The van der Waals surface area contributed by atoms with Crippen LogP contribution in [0.15, 0.2) is 36.4 Å². The lowest BCUT2D eigenvalue weighted by Gasteiger charge is -2.34. The largest absolute Gasteiger partial charge is 0.396 e. The van der Waals surface area contributed by atoms with Crippen molar-refractivity contribution in [3.63, 3.8) is 0 Å². The highest BCUT2D eigenvalue weighted by Crippen LogP contribution is 2.35. The molecule has 0 unspecified atom stereocenters. The SMILES string of the molecule is CCNc1cc2nc(N3CCCCC3)nc(NCc3ccccc3N3CCC(CO)CC3)c2cc1[N+](=O)[O-]. The number of aliphatic hydroxyl groups is 1. The number of rotatable bonds is 9. The molecule has 3 heterocycles. The molecule has 2 saturated heterocycles. The van der Waals surface area contributed by atoms with Crippen LogP contribution in [-0.2, 0) is 6.54 Å². The molecule has 0 radical (unpaired) electrons. The summed E-state index contributed by atoms with van der Waals surface area (Å²) in [6, 6.07) is 11.7. The summed E-state index contributed by atoms with van der Waals surface area (Å²) in [6.07, 6.45) is 5.37. The Hall–Kier alpha value is -3.66. The number of nitrogens with one attached hydrogen (secondary N) is 2. The highest BCUT2D eigenvalue weighted by Gasteiger charge is 2.23. The molecule has 0 saturated carbocycles. The van der Waals surface area contributed by atoms with Crippen LogP contribution in [0.2, 0.25) is 0 Å². The van der Waals surface area contributed by atoms with Gasteiger partial charge in [0.1, 0.15) is 11.5 Å². The fourth-order valence-electron chi connectivity index (χ4n) is 5.51. The topological polar surface area (TPSA) is 120 Å². The maximum Gasteiger partial charge on any atom is 0.293 e. The predicted molar refractivity (Wildman–Crippen MR) is 152 cm³/mol. The van der Waals surface area contributed by atoms with Crippen LogP contribution in [0.25, 0.3) is 10.9 Å². The third kappa shape index (κ3) is 5.60. The van der Waals surface area contributed by atoms with Gasteiger partial charge in [0.2, 0.25) is 5.95 Å². The van der Waals surface area contributed by atoms with Gasteiger partial charge in [0.25, 0.3) is 5.69 Å². The summed E-state index contributed by atoms with van der Waals surface area (Å²) in [5, 5.41) is 28.7. The molecule has 3 N–H and O–H groups in total. The van der Waals surface area contributed by atoms with E-state index >= 15 is 0 Å². The van der Waals surface area contributed by atoms with E-state index in [4.69, 9.17) is 9.97 Å². The van der Waals surface area contributed by atoms with Gasteiger partial charge in [-0.25, -0.2) is 4.98 Å². The average Bonchev–Trinajstić information content (AvgIpc) is 2.96. The first-order valence-electron chi connectivity index (χ1n) is 13.7. The number of fused-ring (bicyclic) bond motifs is 1. The number of benzene rings is 2. The van der Waals surface area contributed by atoms with Crippen molar-refractivity contribution in [3.8, 4) is 0 Å². The van der Waals surface area contributed by atoms with E-state index in [1.807, 2.05) is 13.0 Å². The lowest BCUT2D eigenvalue weighted by atomic mass is 9.97. The van der Waals surface area contributed by atoms with Crippen molar-refractivity contribution in [1.29, 1.82) is 0 Å². The number of aliphatic hydroxyl groups excluding tert-OH is 1. The van der Waals surface area contributed by atoms with Crippen LogP contribution in [0.1, 0.15) is 44.6 Å². The van der Waals surface area contributed by atoms with Gasteiger partial charge < -0.3 is 25.5 Å². The van der Waals surface area contributed by atoms with Crippen molar-refractivity contribution in [2.24, 2.45) is 5.92 Å². The summed E-state index contributed by atoms with van der Waals surface area (Å²) in [5.74, 6) is 1.64. The summed E-state index contributed by atoms with van der Waals surface area (Å²) in [7, 11) is 0. The molecule has 0 atom stereocenters. The molecule has 0 aliphatic carbocycles. The first-order valence-corrected chi connectivity index (χ1v) is 13.7. The van der Waals surface area contributed by atoms with Crippen molar-refractivity contribution in [3.05, 3.63) is 52.1 Å². The van der Waals surface area contributed by atoms with E-state index in [-0.39, 0.29) is 17.2 Å². The van der Waals surface area contributed by atoms with Gasteiger partial charge in [0, 0.05) is 63.0 Å². The molecule has 202 valence electrons. The summed E-state index contributed by atoms with van der Waals surface area (Å²) >= 11 is 0. The summed E-state index contributed by atoms with van der Waals surface area (Å²) < 4.78 is 0. The quantitative estimate of drug-likeness (QED) is 0.271. The second-order valence-electron chi connectivity index (χ2n) is 10.2. The van der Waals surface area contributed by atoms with Gasteiger partial charge in [-0.05, 0) is 62.6 Å². The molecule has 2 fully saturated rings. The van der Waals surface area contributed by atoms with Crippen molar-refractivity contribution in [1.82, 2.24) is 9.97 Å². The van der Waals surface area contributed by atoms with Gasteiger partial charge in [-0.1, -0.05) is 18.2 Å². The fourth-order valence-corrected chi connectivity index (χ4v) is 5.51. The van der Waals surface area contributed by atoms with E-state index in [0.717, 1.165) is 57.4 Å². The Kier molecular flexibility index (Phi) is 8.07. The van der Waals surface area contributed by atoms with Gasteiger partial charge in [0.15, 0.2) is 0 Å². The van der Waals surface area contributed by atoms with Gasteiger partial charge in [-0.3, -0.25) is 10.1 Å². The van der Waals surface area contributed by atoms with E-state index in [2.05, 4.69) is 38.6 Å². The zero-order valence-corrected chi connectivity index (χ0v) is 22.0. The normalized spacial score (nSPS) is 16.6. The molecule has 38 heavy (non-hydrogen) atoms. The van der Waals surface area contributed by atoms with Gasteiger partial charge in [0.05, 0.1) is 10.4 Å². The number of hydrogen-bond acceptors (Lipinski definition) is 9. The Morgan fingerprint density at radius 1 is 1.03 bits per heavy atom. The van der Waals surface area contributed by atoms with E-state index in [0.29, 0.717) is 47.4 Å². The molecule has 2 aromatic carbocycles. The molecular formula is C28H37N7O3. The predicted octanol–water partition coefficient (Wildman–Crippen LogP) is 4.78. The molecule has 0 spiro atoms. The van der Waals surface area contributed by atoms with Crippen molar-refractivity contribution in [2.75, 3.05) is 59.8 Å². The zero-order chi connectivity index (χ0) is 26.5. The Labute approximate surface area is 223 Å². The summed E-state index contributed by atoms with van der Waals surface area (Å²) in [4.78, 5) is 25.9. The second-order valence-corrected chi connectivity index (χ2v) is 10.2. The molecule has 0 amide bonds. The van der Waals surface area contributed by atoms with E-state index in [9.17, 15) is 15.2 Å². The number of piperidine rings is 2. The number of hydrogen-bond donors (Lipinski definition) is 3. The fraction of sp³-hybridized carbons (Fsp3) is 0.500. The minimum Gasteiger partial charge on any atom is -0.396 e. The number of nitro benzene ring substituents is 1. The van der Waals surface area contributed by atoms with E-state index < -0.39 is 0 Å². The van der Waals surface area contributed by atoms with Crippen LogP contribution in [0.4, 0.5) is 28.8 Å². The lowest BCUT2D eigenvalue weighted by molar-refractivity contribution is -0.383. The molecule has 10 heteroatoms. The lowest BCUT2D eigenvalue weighted by Crippen LogP contribution is -2.35.